The predicted octanol–water partition coefficient (Wildman–Crippen LogP) is 4.28. The average Bonchev–Trinajstić information content (AvgIpc) is 3.02. The highest BCUT2D eigenvalue weighted by atomic mass is 35.5. The summed E-state index contributed by atoms with van der Waals surface area (Å²) in [7, 11) is 0. The fraction of sp³-hybridized carbons (Fsp3) is 0.353. The SMILES string of the molecule is O=C(OCCCl)[C@@H](c1ccccc1Cl)N1CCc2sccc2C1. The van der Waals surface area contributed by atoms with Crippen molar-refractivity contribution >= 4 is 40.5 Å². The van der Waals surface area contributed by atoms with Gasteiger partial charge in [0.15, 0.2) is 0 Å². The molecule has 1 atom stereocenters. The second-order valence-corrected chi connectivity index (χ2v) is 7.16. The zero-order chi connectivity index (χ0) is 16.2. The van der Waals surface area contributed by atoms with E-state index in [0.717, 1.165) is 25.1 Å². The van der Waals surface area contributed by atoms with Crippen LogP contribution in [-0.4, -0.2) is 29.9 Å². The van der Waals surface area contributed by atoms with Crippen LogP contribution in [0, 0.1) is 0 Å². The molecule has 0 fully saturated rings. The van der Waals surface area contributed by atoms with E-state index >= 15 is 0 Å². The topological polar surface area (TPSA) is 29.5 Å². The Balaban J connectivity index is 1.89. The molecule has 23 heavy (non-hydrogen) atoms. The Morgan fingerprint density at radius 3 is 2.96 bits per heavy atom. The van der Waals surface area contributed by atoms with E-state index in [9.17, 15) is 4.79 Å². The zero-order valence-corrected chi connectivity index (χ0v) is 14.8. The molecule has 0 radical (unpaired) electrons. The van der Waals surface area contributed by atoms with E-state index in [4.69, 9.17) is 27.9 Å². The van der Waals surface area contributed by atoms with Gasteiger partial charge in [-0.25, -0.2) is 4.79 Å². The van der Waals surface area contributed by atoms with E-state index in [-0.39, 0.29) is 18.5 Å². The molecule has 1 aromatic heterocycles. The Bertz CT molecular complexity index is 689. The minimum atomic E-state index is -0.500. The number of hydrogen-bond donors (Lipinski definition) is 0. The first-order valence-corrected chi connectivity index (χ1v) is 9.26. The van der Waals surface area contributed by atoms with E-state index < -0.39 is 6.04 Å². The van der Waals surface area contributed by atoms with Crippen LogP contribution in [0.25, 0.3) is 0 Å². The Labute approximate surface area is 149 Å². The number of hydrogen-bond acceptors (Lipinski definition) is 4. The molecular weight excluding hydrogens is 353 g/mol. The average molecular weight is 370 g/mol. The van der Waals surface area contributed by atoms with Gasteiger partial charge in [0.1, 0.15) is 12.6 Å². The molecule has 0 aliphatic carbocycles. The molecule has 3 rings (SSSR count). The van der Waals surface area contributed by atoms with Crippen LogP contribution in [0.1, 0.15) is 22.0 Å². The minimum Gasteiger partial charge on any atom is -0.463 e. The Morgan fingerprint density at radius 2 is 2.17 bits per heavy atom. The van der Waals surface area contributed by atoms with Gasteiger partial charge in [-0.1, -0.05) is 29.8 Å². The molecule has 2 aromatic rings. The molecule has 122 valence electrons. The van der Waals surface area contributed by atoms with Crippen molar-refractivity contribution in [1.82, 2.24) is 4.90 Å². The van der Waals surface area contributed by atoms with Gasteiger partial charge in [-0.3, -0.25) is 4.90 Å². The summed E-state index contributed by atoms with van der Waals surface area (Å²) in [6.45, 7) is 1.74. The second kappa shape index (κ2) is 7.67. The quantitative estimate of drug-likeness (QED) is 0.581. The maximum absolute atomic E-state index is 12.6. The summed E-state index contributed by atoms with van der Waals surface area (Å²) in [5.41, 5.74) is 2.07. The third-order valence-corrected chi connectivity index (χ3v) is 5.47. The summed E-state index contributed by atoms with van der Waals surface area (Å²) in [4.78, 5) is 16.2. The number of esters is 1. The number of carbonyl (C=O) groups is 1. The molecule has 6 heteroatoms. The van der Waals surface area contributed by atoms with Crippen molar-refractivity contribution in [3.63, 3.8) is 0 Å². The number of alkyl halides is 1. The van der Waals surface area contributed by atoms with Gasteiger partial charge >= 0.3 is 5.97 Å². The smallest absolute Gasteiger partial charge is 0.328 e. The van der Waals surface area contributed by atoms with E-state index in [1.54, 1.807) is 17.4 Å². The lowest BCUT2D eigenvalue weighted by atomic mass is 10.0. The molecule has 1 aromatic carbocycles. The molecule has 1 aliphatic rings. The second-order valence-electron chi connectivity index (χ2n) is 5.37. The van der Waals surface area contributed by atoms with Crippen LogP contribution in [0.2, 0.25) is 5.02 Å². The van der Waals surface area contributed by atoms with Gasteiger partial charge in [-0.2, -0.15) is 0 Å². The highest BCUT2D eigenvalue weighted by Gasteiger charge is 2.33. The Kier molecular flexibility index (Phi) is 5.59. The van der Waals surface area contributed by atoms with Crippen molar-refractivity contribution in [2.45, 2.75) is 19.0 Å². The minimum absolute atomic E-state index is 0.207. The highest BCUT2D eigenvalue weighted by molar-refractivity contribution is 7.10. The predicted molar refractivity (Wildman–Crippen MR) is 94.3 cm³/mol. The standard InChI is InChI=1S/C17H17Cl2NO2S/c18-7-9-22-17(21)16(13-3-1-2-4-14(13)19)20-8-5-15-12(11-20)6-10-23-15/h1-4,6,10,16H,5,7-9,11H2/t16-/m1/s1. The van der Waals surface area contributed by atoms with Crippen LogP contribution in [0.5, 0.6) is 0 Å². The van der Waals surface area contributed by atoms with E-state index in [0.29, 0.717) is 5.02 Å². The number of benzene rings is 1. The lowest BCUT2D eigenvalue weighted by molar-refractivity contribution is -0.150. The summed E-state index contributed by atoms with van der Waals surface area (Å²) in [5.74, 6) is -0.00669. The number of fused-ring (bicyclic) bond motifs is 1. The number of thiophene rings is 1. The summed E-state index contributed by atoms with van der Waals surface area (Å²) < 4.78 is 5.32. The highest BCUT2D eigenvalue weighted by Crippen LogP contribution is 2.34. The van der Waals surface area contributed by atoms with Gasteiger partial charge in [0, 0.05) is 23.0 Å². The summed E-state index contributed by atoms with van der Waals surface area (Å²) >= 11 is 13.8. The third-order valence-electron chi connectivity index (χ3n) is 3.95. The van der Waals surface area contributed by atoms with Gasteiger partial charge in [-0.05, 0) is 35.1 Å². The monoisotopic (exact) mass is 369 g/mol. The van der Waals surface area contributed by atoms with Crippen molar-refractivity contribution in [2.75, 3.05) is 19.0 Å². The summed E-state index contributed by atoms with van der Waals surface area (Å²) in [6.07, 6.45) is 0.941. The van der Waals surface area contributed by atoms with Crippen molar-refractivity contribution < 1.29 is 9.53 Å². The molecule has 0 amide bonds. The first-order valence-electron chi connectivity index (χ1n) is 7.47. The fourth-order valence-corrected chi connectivity index (χ4v) is 4.08. The molecule has 0 saturated carbocycles. The molecule has 0 unspecified atom stereocenters. The Morgan fingerprint density at radius 1 is 1.35 bits per heavy atom. The lowest BCUT2D eigenvalue weighted by Crippen LogP contribution is -2.38. The van der Waals surface area contributed by atoms with E-state index in [2.05, 4.69) is 16.3 Å². The number of rotatable bonds is 5. The van der Waals surface area contributed by atoms with Crippen molar-refractivity contribution in [1.29, 1.82) is 0 Å². The summed E-state index contributed by atoms with van der Waals surface area (Å²) in [6, 6.07) is 9.07. The molecule has 3 nitrogen and oxygen atoms in total. The van der Waals surface area contributed by atoms with Gasteiger partial charge in [-0.15, -0.1) is 22.9 Å². The third kappa shape index (κ3) is 3.72. The zero-order valence-electron chi connectivity index (χ0n) is 12.5. The molecule has 0 bridgehead atoms. The fourth-order valence-electron chi connectivity index (χ4n) is 2.88. The van der Waals surface area contributed by atoms with Crippen LogP contribution in [0.15, 0.2) is 35.7 Å². The Hall–Kier alpha value is -1.07. The number of nitrogens with zero attached hydrogens (tertiary/aromatic N) is 1. The molecule has 2 heterocycles. The van der Waals surface area contributed by atoms with Gasteiger partial charge in [0.05, 0.1) is 5.88 Å². The number of halogens is 2. The van der Waals surface area contributed by atoms with Crippen molar-refractivity contribution in [3.8, 4) is 0 Å². The molecule has 1 aliphatic heterocycles. The van der Waals surface area contributed by atoms with E-state index in [1.165, 1.54) is 10.4 Å². The van der Waals surface area contributed by atoms with Gasteiger partial charge < -0.3 is 4.74 Å². The maximum atomic E-state index is 12.6. The maximum Gasteiger partial charge on any atom is 0.328 e. The van der Waals surface area contributed by atoms with Crippen LogP contribution in [-0.2, 0) is 22.5 Å². The van der Waals surface area contributed by atoms with E-state index in [1.807, 2.05) is 18.2 Å². The molecular formula is C17H17Cl2NO2S. The van der Waals surface area contributed by atoms with Crippen LogP contribution < -0.4 is 0 Å². The van der Waals surface area contributed by atoms with Crippen molar-refractivity contribution in [3.05, 3.63) is 56.7 Å². The van der Waals surface area contributed by atoms with Crippen LogP contribution in [0.4, 0.5) is 0 Å². The van der Waals surface area contributed by atoms with Gasteiger partial charge in [0.2, 0.25) is 0 Å². The number of ether oxygens (including phenoxy) is 1. The first-order chi connectivity index (χ1) is 11.2. The molecule has 0 N–H and O–H groups in total. The lowest BCUT2D eigenvalue weighted by Gasteiger charge is -2.33. The number of carbonyl (C=O) groups excluding carboxylic acids is 1. The van der Waals surface area contributed by atoms with Crippen LogP contribution in [0.3, 0.4) is 0 Å². The molecule has 0 saturated heterocycles. The van der Waals surface area contributed by atoms with Gasteiger partial charge in [0.25, 0.3) is 0 Å². The van der Waals surface area contributed by atoms with Crippen LogP contribution >= 0.6 is 34.5 Å². The largest absolute Gasteiger partial charge is 0.463 e. The normalized spacial score (nSPS) is 15.9. The van der Waals surface area contributed by atoms with Crippen molar-refractivity contribution in [2.24, 2.45) is 0 Å². The summed E-state index contributed by atoms with van der Waals surface area (Å²) in [5, 5.41) is 2.68. The molecule has 0 spiro atoms. The first kappa shape index (κ1) is 16.8.